The molecule has 22 heavy (non-hydrogen) atoms. The summed E-state index contributed by atoms with van der Waals surface area (Å²) < 4.78 is 4.88. The van der Waals surface area contributed by atoms with Gasteiger partial charge in [-0.2, -0.15) is 0 Å². The number of hydrogen-bond donors (Lipinski definition) is 1. The van der Waals surface area contributed by atoms with Gasteiger partial charge in [0.05, 0.1) is 12.3 Å². The zero-order valence-corrected chi connectivity index (χ0v) is 12.4. The fourth-order valence-electron chi connectivity index (χ4n) is 2.85. The Morgan fingerprint density at radius 3 is 3.09 bits per heavy atom. The standard InChI is InChI=1S/C15H18N4O3/c1-10-16-5-12(7-20)14(18-10)11-3-2-4-19(6-11)15(21)13-8-22-9-17-13/h5,8-9,11,20H,2-4,6-7H2,1H3. The SMILES string of the molecule is Cc1ncc(CO)c(C2CCCN(C(=O)c3cocn3)C2)n1. The number of aliphatic hydroxyl groups is 1. The summed E-state index contributed by atoms with van der Waals surface area (Å²) in [6, 6.07) is 0. The normalized spacial score (nSPS) is 18.5. The smallest absolute Gasteiger partial charge is 0.275 e. The molecule has 3 heterocycles. The summed E-state index contributed by atoms with van der Waals surface area (Å²) >= 11 is 0. The molecule has 0 aromatic carbocycles. The maximum absolute atomic E-state index is 12.4. The highest BCUT2D eigenvalue weighted by molar-refractivity contribution is 5.92. The average Bonchev–Trinajstić information content (AvgIpc) is 3.08. The van der Waals surface area contributed by atoms with Gasteiger partial charge in [-0.3, -0.25) is 4.79 Å². The van der Waals surface area contributed by atoms with Gasteiger partial charge in [0.2, 0.25) is 0 Å². The van der Waals surface area contributed by atoms with E-state index in [1.54, 1.807) is 11.1 Å². The Morgan fingerprint density at radius 2 is 2.36 bits per heavy atom. The van der Waals surface area contributed by atoms with Crippen molar-refractivity contribution in [3.8, 4) is 0 Å². The van der Waals surface area contributed by atoms with E-state index in [0.29, 0.717) is 24.6 Å². The fourth-order valence-corrected chi connectivity index (χ4v) is 2.85. The average molecular weight is 302 g/mol. The first-order valence-corrected chi connectivity index (χ1v) is 7.29. The van der Waals surface area contributed by atoms with Crippen molar-refractivity contribution >= 4 is 5.91 Å². The first-order valence-electron chi connectivity index (χ1n) is 7.29. The molecule has 3 rings (SSSR count). The number of oxazole rings is 1. The second-order valence-electron chi connectivity index (χ2n) is 5.45. The molecule has 1 atom stereocenters. The Bertz CT molecular complexity index is 657. The van der Waals surface area contributed by atoms with E-state index >= 15 is 0 Å². The predicted octanol–water partition coefficient (Wildman–Crippen LogP) is 1.29. The molecule has 1 aliphatic heterocycles. The molecule has 7 nitrogen and oxygen atoms in total. The van der Waals surface area contributed by atoms with Crippen LogP contribution in [0.15, 0.2) is 23.3 Å². The highest BCUT2D eigenvalue weighted by Crippen LogP contribution is 2.28. The summed E-state index contributed by atoms with van der Waals surface area (Å²) in [7, 11) is 0. The maximum atomic E-state index is 12.4. The number of carbonyl (C=O) groups excluding carboxylic acids is 1. The van der Waals surface area contributed by atoms with Gasteiger partial charge in [-0.05, 0) is 19.8 Å². The molecule has 0 radical (unpaired) electrons. The molecule has 2 aromatic rings. The molecule has 1 aliphatic rings. The number of hydrogen-bond acceptors (Lipinski definition) is 6. The van der Waals surface area contributed by atoms with Gasteiger partial charge < -0.3 is 14.4 Å². The van der Waals surface area contributed by atoms with Crippen molar-refractivity contribution in [1.29, 1.82) is 0 Å². The van der Waals surface area contributed by atoms with Gasteiger partial charge in [0.25, 0.3) is 5.91 Å². The van der Waals surface area contributed by atoms with Crippen LogP contribution < -0.4 is 0 Å². The van der Waals surface area contributed by atoms with Crippen LogP contribution in [0.4, 0.5) is 0 Å². The lowest BCUT2D eigenvalue weighted by atomic mass is 9.92. The number of carbonyl (C=O) groups is 1. The van der Waals surface area contributed by atoms with Crippen LogP contribution in [0.2, 0.25) is 0 Å². The molecule has 0 aliphatic carbocycles. The quantitative estimate of drug-likeness (QED) is 0.918. The number of aliphatic hydroxyl groups excluding tert-OH is 1. The number of nitrogens with zero attached hydrogens (tertiary/aromatic N) is 4. The Hall–Kier alpha value is -2.28. The van der Waals surface area contributed by atoms with Crippen LogP contribution >= 0.6 is 0 Å². The van der Waals surface area contributed by atoms with E-state index in [1.165, 1.54) is 12.7 Å². The van der Waals surface area contributed by atoms with Crippen LogP contribution in [0.1, 0.15) is 46.3 Å². The van der Waals surface area contributed by atoms with Crippen molar-refractivity contribution in [3.05, 3.63) is 41.6 Å². The molecule has 116 valence electrons. The molecular weight excluding hydrogens is 284 g/mol. The topological polar surface area (TPSA) is 92.4 Å². The molecule has 0 spiro atoms. The molecule has 0 bridgehead atoms. The van der Waals surface area contributed by atoms with Gasteiger partial charge in [0.1, 0.15) is 12.1 Å². The van der Waals surface area contributed by atoms with E-state index < -0.39 is 0 Å². The second-order valence-corrected chi connectivity index (χ2v) is 5.45. The largest absolute Gasteiger partial charge is 0.451 e. The molecule has 0 saturated carbocycles. The van der Waals surface area contributed by atoms with Gasteiger partial charge in [-0.1, -0.05) is 0 Å². The zero-order chi connectivity index (χ0) is 15.5. The third-order valence-electron chi connectivity index (χ3n) is 3.94. The minimum atomic E-state index is -0.130. The van der Waals surface area contributed by atoms with Crippen LogP contribution in [0, 0.1) is 6.92 Å². The summed E-state index contributed by atoms with van der Waals surface area (Å²) in [6.07, 6.45) is 6.11. The van der Waals surface area contributed by atoms with E-state index in [-0.39, 0.29) is 18.4 Å². The fraction of sp³-hybridized carbons (Fsp3) is 0.467. The summed E-state index contributed by atoms with van der Waals surface area (Å²) in [5.74, 6) is 0.648. The minimum Gasteiger partial charge on any atom is -0.451 e. The predicted molar refractivity (Wildman–Crippen MR) is 77.1 cm³/mol. The van der Waals surface area contributed by atoms with Crippen LogP contribution in [0.3, 0.4) is 0 Å². The number of amides is 1. The van der Waals surface area contributed by atoms with Gasteiger partial charge >= 0.3 is 0 Å². The Kier molecular flexibility index (Phi) is 4.15. The Balaban J connectivity index is 1.81. The van der Waals surface area contributed by atoms with Crippen molar-refractivity contribution in [2.24, 2.45) is 0 Å². The molecule has 1 fully saturated rings. The van der Waals surface area contributed by atoms with Gasteiger partial charge in [0, 0.05) is 30.8 Å². The zero-order valence-electron chi connectivity index (χ0n) is 12.4. The summed E-state index contributed by atoms with van der Waals surface area (Å²) in [4.78, 5) is 26.7. The van der Waals surface area contributed by atoms with Crippen molar-refractivity contribution in [2.45, 2.75) is 32.3 Å². The number of rotatable bonds is 3. The van der Waals surface area contributed by atoms with Crippen molar-refractivity contribution < 1.29 is 14.3 Å². The molecule has 7 heteroatoms. The van der Waals surface area contributed by atoms with Gasteiger partial charge in [-0.15, -0.1) is 0 Å². The van der Waals surface area contributed by atoms with Crippen molar-refractivity contribution in [1.82, 2.24) is 19.9 Å². The number of likely N-dealkylation sites (tertiary alicyclic amines) is 1. The third kappa shape index (κ3) is 2.85. The van der Waals surface area contributed by atoms with E-state index in [9.17, 15) is 9.90 Å². The third-order valence-corrected chi connectivity index (χ3v) is 3.94. The lowest BCUT2D eigenvalue weighted by molar-refractivity contribution is 0.0699. The van der Waals surface area contributed by atoms with Gasteiger partial charge in [0.15, 0.2) is 12.1 Å². The van der Waals surface area contributed by atoms with Crippen LogP contribution in [0.25, 0.3) is 0 Å². The summed E-state index contributed by atoms with van der Waals surface area (Å²) in [5.41, 5.74) is 1.89. The maximum Gasteiger partial charge on any atom is 0.275 e. The summed E-state index contributed by atoms with van der Waals surface area (Å²) in [6.45, 7) is 2.99. The van der Waals surface area contributed by atoms with Gasteiger partial charge in [-0.25, -0.2) is 15.0 Å². The van der Waals surface area contributed by atoms with E-state index in [0.717, 1.165) is 24.1 Å². The molecule has 1 unspecified atom stereocenters. The van der Waals surface area contributed by atoms with Crippen LogP contribution in [-0.2, 0) is 6.61 Å². The highest BCUT2D eigenvalue weighted by Gasteiger charge is 2.28. The number of aryl methyl sites for hydroxylation is 1. The van der Waals surface area contributed by atoms with Crippen molar-refractivity contribution in [3.63, 3.8) is 0 Å². The Morgan fingerprint density at radius 1 is 1.50 bits per heavy atom. The first-order chi connectivity index (χ1) is 10.7. The van der Waals surface area contributed by atoms with E-state index in [4.69, 9.17) is 4.42 Å². The van der Waals surface area contributed by atoms with E-state index in [2.05, 4.69) is 15.0 Å². The summed E-state index contributed by atoms with van der Waals surface area (Å²) in [5, 5.41) is 9.48. The monoisotopic (exact) mass is 302 g/mol. The minimum absolute atomic E-state index is 0.0939. The molecule has 1 N–H and O–H groups in total. The lowest BCUT2D eigenvalue weighted by Crippen LogP contribution is -2.39. The number of piperidine rings is 1. The molecule has 1 saturated heterocycles. The lowest BCUT2D eigenvalue weighted by Gasteiger charge is -2.32. The molecule has 2 aromatic heterocycles. The van der Waals surface area contributed by atoms with Crippen LogP contribution in [0.5, 0.6) is 0 Å². The van der Waals surface area contributed by atoms with Crippen molar-refractivity contribution in [2.75, 3.05) is 13.1 Å². The highest BCUT2D eigenvalue weighted by atomic mass is 16.3. The number of aromatic nitrogens is 3. The Labute approximate surface area is 128 Å². The van der Waals surface area contributed by atoms with E-state index in [1.807, 2.05) is 6.92 Å². The van der Waals surface area contributed by atoms with Crippen LogP contribution in [-0.4, -0.2) is 44.0 Å². The second kappa shape index (κ2) is 6.23. The first kappa shape index (κ1) is 14.6. The molecule has 1 amide bonds. The molecular formula is C15H18N4O3.